The fraction of sp³-hybridized carbons (Fsp3) is 0.214. The highest BCUT2D eigenvalue weighted by Gasteiger charge is 2.13. The maximum Gasteiger partial charge on any atom is 0.227 e. The summed E-state index contributed by atoms with van der Waals surface area (Å²) in [6, 6.07) is 6.00. The summed E-state index contributed by atoms with van der Waals surface area (Å²) in [6.45, 7) is 4.45. The van der Waals surface area contributed by atoms with E-state index in [0.29, 0.717) is 17.9 Å². The number of nitrogens with one attached hydrogen (secondary N) is 1. The number of hydrogen-bond donors (Lipinski definition) is 1. The third kappa shape index (κ3) is 2.67. The van der Waals surface area contributed by atoms with Gasteiger partial charge in [-0.1, -0.05) is 6.07 Å². The SMILES string of the molecule is CCNc1ncnc(Oc2cccc(F)c2C#N)c1C. The Bertz CT molecular complexity index is 667. The van der Waals surface area contributed by atoms with E-state index >= 15 is 0 Å². The summed E-state index contributed by atoms with van der Waals surface area (Å²) < 4.78 is 19.1. The van der Waals surface area contributed by atoms with Crippen molar-refractivity contribution < 1.29 is 9.13 Å². The highest BCUT2D eigenvalue weighted by molar-refractivity contribution is 5.51. The summed E-state index contributed by atoms with van der Waals surface area (Å²) in [5, 5.41) is 12.0. The summed E-state index contributed by atoms with van der Waals surface area (Å²) in [5.41, 5.74) is 0.554. The topological polar surface area (TPSA) is 70.8 Å². The van der Waals surface area contributed by atoms with E-state index in [9.17, 15) is 4.39 Å². The second kappa shape index (κ2) is 5.97. The van der Waals surface area contributed by atoms with Crippen LogP contribution in [0.4, 0.5) is 10.2 Å². The molecule has 2 rings (SSSR count). The number of rotatable bonds is 4. The summed E-state index contributed by atoms with van der Waals surface area (Å²) in [7, 11) is 0. The van der Waals surface area contributed by atoms with Crippen LogP contribution >= 0.6 is 0 Å². The standard InChI is InChI=1S/C14H13FN4O/c1-3-17-13-9(2)14(19-8-18-13)20-12-6-4-5-11(15)10(12)7-16/h4-6,8H,3H2,1-2H3,(H,17,18,19). The minimum atomic E-state index is -0.622. The number of aromatic nitrogens is 2. The number of nitrogens with zero attached hydrogens (tertiary/aromatic N) is 3. The van der Waals surface area contributed by atoms with Gasteiger partial charge in [0.1, 0.15) is 35.3 Å². The van der Waals surface area contributed by atoms with Crippen molar-refractivity contribution in [2.75, 3.05) is 11.9 Å². The second-order valence-corrected chi connectivity index (χ2v) is 4.01. The van der Waals surface area contributed by atoms with Gasteiger partial charge in [0.2, 0.25) is 5.88 Å². The van der Waals surface area contributed by atoms with E-state index in [4.69, 9.17) is 10.00 Å². The lowest BCUT2D eigenvalue weighted by Gasteiger charge is -2.11. The average molecular weight is 272 g/mol. The van der Waals surface area contributed by atoms with Crippen LogP contribution in [0.15, 0.2) is 24.5 Å². The van der Waals surface area contributed by atoms with E-state index in [1.54, 1.807) is 13.0 Å². The predicted octanol–water partition coefficient (Wildman–Crippen LogP) is 3.02. The Morgan fingerprint density at radius 3 is 2.90 bits per heavy atom. The summed E-state index contributed by atoms with van der Waals surface area (Å²) >= 11 is 0. The highest BCUT2D eigenvalue weighted by atomic mass is 19.1. The molecule has 0 saturated carbocycles. The Balaban J connectivity index is 2.39. The molecule has 0 bridgehead atoms. The molecule has 0 fully saturated rings. The molecule has 1 heterocycles. The van der Waals surface area contributed by atoms with E-state index in [0.717, 1.165) is 0 Å². The molecule has 0 aliphatic carbocycles. The van der Waals surface area contributed by atoms with Gasteiger partial charge in [-0.25, -0.2) is 14.4 Å². The van der Waals surface area contributed by atoms with Crippen molar-refractivity contribution >= 4 is 5.82 Å². The van der Waals surface area contributed by atoms with Gasteiger partial charge in [-0.2, -0.15) is 5.26 Å². The summed E-state index contributed by atoms with van der Waals surface area (Å²) in [4.78, 5) is 8.11. The number of halogens is 1. The normalized spacial score (nSPS) is 9.90. The van der Waals surface area contributed by atoms with Crippen LogP contribution in [0.2, 0.25) is 0 Å². The quantitative estimate of drug-likeness (QED) is 0.926. The molecule has 0 atom stereocenters. The first-order valence-electron chi connectivity index (χ1n) is 6.09. The number of nitriles is 1. The van der Waals surface area contributed by atoms with Crippen LogP contribution in [0.5, 0.6) is 11.6 Å². The number of anilines is 1. The van der Waals surface area contributed by atoms with E-state index in [2.05, 4.69) is 15.3 Å². The van der Waals surface area contributed by atoms with Crippen LogP contribution in [0.25, 0.3) is 0 Å². The first-order chi connectivity index (χ1) is 9.67. The maximum atomic E-state index is 13.5. The van der Waals surface area contributed by atoms with Gasteiger partial charge in [-0.3, -0.25) is 0 Å². The van der Waals surface area contributed by atoms with E-state index in [1.165, 1.54) is 24.5 Å². The van der Waals surface area contributed by atoms with Crippen molar-refractivity contribution in [2.24, 2.45) is 0 Å². The third-order valence-electron chi connectivity index (χ3n) is 2.68. The molecule has 2 aromatic rings. The van der Waals surface area contributed by atoms with Gasteiger partial charge in [0.15, 0.2) is 0 Å². The van der Waals surface area contributed by atoms with Crippen molar-refractivity contribution in [1.29, 1.82) is 5.26 Å². The first-order valence-corrected chi connectivity index (χ1v) is 6.09. The predicted molar refractivity (Wildman–Crippen MR) is 72.1 cm³/mol. The van der Waals surface area contributed by atoms with Gasteiger partial charge < -0.3 is 10.1 Å². The lowest BCUT2D eigenvalue weighted by atomic mass is 10.2. The van der Waals surface area contributed by atoms with Crippen LogP contribution in [-0.4, -0.2) is 16.5 Å². The van der Waals surface area contributed by atoms with E-state index < -0.39 is 5.82 Å². The summed E-state index contributed by atoms with van der Waals surface area (Å²) in [6.07, 6.45) is 1.35. The Morgan fingerprint density at radius 2 is 2.20 bits per heavy atom. The first kappa shape index (κ1) is 13.7. The molecule has 0 saturated heterocycles. The molecule has 1 aromatic heterocycles. The molecule has 0 aliphatic rings. The molecule has 102 valence electrons. The van der Waals surface area contributed by atoms with Crippen LogP contribution < -0.4 is 10.1 Å². The van der Waals surface area contributed by atoms with Crippen molar-refractivity contribution in [1.82, 2.24) is 9.97 Å². The molecule has 0 spiro atoms. The number of benzene rings is 1. The monoisotopic (exact) mass is 272 g/mol. The molecule has 1 aromatic carbocycles. The largest absolute Gasteiger partial charge is 0.437 e. The van der Waals surface area contributed by atoms with Crippen molar-refractivity contribution in [3.05, 3.63) is 41.5 Å². The molecule has 0 amide bonds. The lowest BCUT2D eigenvalue weighted by molar-refractivity contribution is 0.451. The fourth-order valence-electron chi connectivity index (χ4n) is 1.68. The number of hydrogen-bond acceptors (Lipinski definition) is 5. The Labute approximate surface area is 116 Å². The van der Waals surface area contributed by atoms with Crippen LogP contribution in [0, 0.1) is 24.1 Å². The zero-order valence-electron chi connectivity index (χ0n) is 11.1. The van der Waals surface area contributed by atoms with E-state index in [-0.39, 0.29) is 17.2 Å². The van der Waals surface area contributed by atoms with Crippen molar-refractivity contribution in [3.8, 4) is 17.7 Å². The highest BCUT2D eigenvalue weighted by Crippen LogP contribution is 2.29. The van der Waals surface area contributed by atoms with Crippen LogP contribution in [0.1, 0.15) is 18.1 Å². The molecular formula is C14H13FN4O. The van der Waals surface area contributed by atoms with Gasteiger partial charge in [0.25, 0.3) is 0 Å². The molecule has 0 radical (unpaired) electrons. The minimum Gasteiger partial charge on any atom is -0.437 e. The Morgan fingerprint density at radius 1 is 1.40 bits per heavy atom. The molecule has 0 aliphatic heterocycles. The zero-order chi connectivity index (χ0) is 14.5. The van der Waals surface area contributed by atoms with E-state index in [1.807, 2.05) is 6.92 Å². The fourth-order valence-corrected chi connectivity index (χ4v) is 1.68. The zero-order valence-corrected chi connectivity index (χ0v) is 11.1. The third-order valence-corrected chi connectivity index (χ3v) is 2.68. The minimum absolute atomic E-state index is 0.136. The van der Waals surface area contributed by atoms with Crippen LogP contribution in [0.3, 0.4) is 0 Å². The van der Waals surface area contributed by atoms with Gasteiger partial charge in [0.05, 0.1) is 5.56 Å². The molecule has 6 heteroatoms. The van der Waals surface area contributed by atoms with Crippen molar-refractivity contribution in [2.45, 2.75) is 13.8 Å². The Hall–Kier alpha value is -2.68. The average Bonchev–Trinajstić information content (AvgIpc) is 2.44. The van der Waals surface area contributed by atoms with Crippen LogP contribution in [-0.2, 0) is 0 Å². The maximum absolute atomic E-state index is 13.5. The molecule has 1 N–H and O–H groups in total. The Kier molecular flexibility index (Phi) is 4.11. The van der Waals surface area contributed by atoms with Gasteiger partial charge in [0, 0.05) is 6.54 Å². The van der Waals surface area contributed by atoms with Gasteiger partial charge in [-0.15, -0.1) is 0 Å². The van der Waals surface area contributed by atoms with Gasteiger partial charge in [-0.05, 0) is 26.0 Å². The van der Waals surface area contributed by atoms with Crippen molar-refractivity contribution in [3.63, 3.8) is 0 Å². The molecule has 5 nitrogen and oxygen atoms in total. The second-order valence-electron chi connectivity index (χ2n) is 4.01. The molecule has 0 unspecified atom stereocenters. The van der Waals surface area contributed by atoms with Gasteiger partial charge >= 0.3 is 0 Å². The molecular weight excluding hydrogens is 259 g/mol. The summed E-state index contributed by atoms with van der Waals surface area (Å²) in [5.74, 6) is 0.450. The molecule has 20 heavy (non-hydrogen) atoms. The smallest absolute Gasteiger partial charge is 0.227 e. The number of ether oxygens (including phenoxy) is 1. The lowest BCUT2D eigenvalue weighted by Crippen LogP contribution is -2.04.